The third-order valence-electron chi connectivity index (χ3n) is 2.85. The van der Waals surface area contributed by atoms with Crippen LogP contribution in [-0.2, 0) is 11.3 Å². The average Bonchev–Trinajstić information content (AvgIpc) is 2.44. The van der Waals surface area contributed by atoms with Crippen LogP contribution < -0.4 is 16.4 Å². The van der Waals surface area contributed by atoms with Crippen molar-refractivity contribution in [3.05, 3.63) is 35.4 Å². The zero-order valence-corrected chi connectivity index (χ0v) is 12.6. The Morgan fingerprint density at radius 2 is 2.05 bits per heavy atom. The summed E-state index contributed by atoms with van der Waals surface area (Å²) >= 11 is 0. The van der Waals surface area contributed by atoms with Crippen LogP contribution in [0.2, 0.25) is 0 Å². The van der Waals surface area contributed by atoms with E-state index in [0.717, 1.165) is 12.0 Å². The molecule has 1 rings (SSSR count). The molecule has 0 saturated heterocycles. The molecule has 1 aromatic carbocycles. The molecule has 0 fully saturated rings. The molecule has 1 unspecified atom stereocenters. The van der Waals surface area contributed by atoms with Crippen LogP contribution in [0.15, 0.2) is 24.3 Å². The first-order chi connectivity index (χ1) is 9.06. The van der Waals surface area contributed by atoms with Crippen LogP contribution in [0.25, 0.3) is 0 Å². The van der Waals surface area contributed by atoms with Gasteiger partial charge in [-0.15, -0.1) is 12.4 Å². The lowest BCUT2D eigenvalue weighted by Gasteiger charge is -2.12. The molecule has 0 spiro atoms. The van der Waals surface area contributed by atoms with Crippen LogP contribution in [0.3, 0.4) is 0 Å². The van der Waals surface area contributed by atoms with E-state index in [0.29, 0.717) is 12.1 Å². The van der Waals surface area contributed by atoms with Crippen molar-refractivity contribution in [2.45, 2.75) is 32.9 Å². The summed E-state index contributed by atoms with van der Waals surface area (Å²) in [6.45, 7) is 4.32. The molecule has 20 heavy (non-hydrogen) atoms. The highest BCUT2D eigenvalue weighted by Crippen LogP contribution is 2.06. The monoisotopic (exact) mass is 299 g/mol. The Morgan fingerprint density at radius 1 is 1.35 bits per heavy atom. The fourth-order valence-electron chi connectivity index (χ4n) is 1.50. The minimum absolute atomic E-state index is 0. The predicted octanol–water partition coefficient (Wildman–Crippen LogP) is 1.21. The van der Waals surface area contributed by atoms with Gasteiger partial charge in [0.05, 0.1) is 6.54 Å². The van der Waals surface area contributed by atoms with Gasteiger partial charge in [-0.1, -0.05) is 19.1 Å². The lowest BCUT2D eigenvalue weighted by Crippen LogP contribution is -2.32. The number of amides is 2. The van der Waals surface area contributed by atoms with Crippen molar-refractivity contribution in [2.24, 2.45) is 5.73 Å². The van der Waals surface area contributed by atoms with Crippen LogP contribution in [-0.4, -0.2) is 24.4 Å². The number of rotatable bonds is 6. The number of benzene rings is 1. The van der Waals surface area contributed by atoms with Crippen molar-refractivity contribution in [3.63, 3.8) is 0 Å². The second kappa shape index (κ2) is 9.34. The summed E-state index contributed by atoms with van der Waals surface area (Å²) in [5.74, 6) is -0.309. The van der Waals surface area contributed by atoms with Crippen molar-refractivity contribution in [1.29, 1.82) is 0 Å². The molecule has 0 aliphatic rings. The van der Waals surface area contributed by atoms with Gasteiger partial charge in [-0.2, -0.15) is 0 Å². The van der Waals surface area contributed by atoms with Crippen LogP contribution in [0.5, 0.6) is 0 Å². The van der Waals surface area contributed by atoms with Gasteiger partial charge < -0.3 is 16.4 Å². The van der Waals surface area contributed by atoms with E-state index in [1.54, 1.807) is 18.2 Å². The van der Waals surface area contributed by atoms with E-state index in [1.807, 2.05) is 19.9 Å². The number of carbonyl (C=O) groups is 2. The molecular formula is C14H22ClN3O2. The minimum Gasteiger partial charge on any atom is -0.351 e. The molecule has 2 amide bonds. The SMILES string of the molecule is CCC(C)NC(=O)c1cccc(CNC(=O)CN)c1.Cl. The topological polar surface area (TPSA) is 84.2 Å². The van der Waals surface area contributed by atoms with Gasteiger partial charge in [0.2, 0.25) is 5.91 Å². The molecule has 0 heterocycles. The van der Waals surface area contributed by atoms with E-state index in [-0.39, 0.29) is 36.8 Å². The smallest absolute Gasteiger partial charge is 0.251 e. The highest BCUT2D eigenvalue weighted by molar-refractivity contribution is 5.94. The van der Waals surface area contributed by atoms with Gasteiger partial charge in [-0.25, -0.2) is 0 Å². The maximum atomic E-state index is 11.9. The second-order valence-electron chi connectivity index (χ2n) is 4.46. The molecule has 0 saturated carbocycles. The van der Waals surface area contributed by atoms with Gasteiger partial charge in [0.25, 0.3) is 5.91 Å². The van der Waals surface area contributed by atoms with Gasteiger partial charge in [-0.05, 0) is 31.0 Å². The molecule has 0 aliphatic heterocycles. The molecule has 1 atom stereocenters. The van der Waals surface area contributed by atoms with Crippen LogP contribution in [0.1, 0.15) is 36.2 Å². The normalized spacial score (nSPS) is 11.2. The number of carbonyl (C=O) groups excluding carboxylic acids is 2. The van der Waals surface area contributed by atoms with Gasteiger partial charge in [0.1, 0.15) is 0 Å². The van der Waals surface area contributed by atoms with Crippen molar-refractivity contribution >= 4 is 24.2 Å². The molecule has 0 bridgehead atoms. The molecule has 0 radical (unpaired) electrons. The summed E-state index contributed by atoms with van der Waals surface area (Å²) in [5, 5.41) is 5.57. The Hall–Kier alpha value is -1.59. The zero-order valence-electron chi connectivity index (χ0n) is 11.8. The van der Waals surface area contributed by atoms with E-state index in [1.165, 1.54) is 0 Å². The van der Waals surface area contributed by atoms with Crippen molar-refractivity contribution in [3.8, 4) is 0 Å². The molecule has 0 aromatic heterocycles. The molecular weight excluding hydrogens is 278 g/mol. The zero-order chi connectivity index (χ0) is 14.3. The Morgan fingerprint density at radius 3 is 2.65 bits per heavy atom. The molecule has 5 nitrogen and oxygen atoms in total. The third kappa shape index (κ3) is 6.04. The first kappa shape index (κ1) is 18.4. The minimum atomic E-state index is -0.213. The quantitative estimate of drug-likeness (QED) is 0.738. The fraction of sp³-hybridized carbons (Fsp3) is 0.429. The van der Waals surface area contributed by atoms with E-state index in [4.69, 9.17) is 5.73 Å². The molecule has 1 aromatic rings. The van der Waals surface area contributed by atoms with E-state index >= 15 is 0 Å². The highest BCUT2D eigenvalue weighted by atomic mass is 35.5. The van der Waals surface area contributed by atoms with E-state index in [2.05, 4.69) is 10.6 Å². The summed E-state index contributed by atoms with van der Waals surface area (Å²) in [7, 11) is 0. The van der Waals surface area contributed by atoms with Gasteiger partial charge in [0.15, 0.2) is 0 Å². The number of hydrogen-bond donors (Lipinski definition) is 3. The van der Waals surface area contributed by atoms with Crippen molar-refractivity contribution < 1.29 is 9.59 Å². The second-order valence-corrected chi connectivity index (χ2v) is 4.46. The average molecular weight is 300 g/mol. The molecule has 4 N–H and O–H groups in total. The molecule has 112 valence electrons. The van der Waals surface area contributed by atoms with Crippen molar-refractivity contribution in [1.82, 2.24) is 10.6 Å². The van der Waals surface area contributed by atoms with Gasteiger partial charge >= 0.3 is 0 Å². The summed E-state index contributed by atoms with van der Waals surface area (Å²) in [6.07, 6.45) is 0.887. The Labute approximate surface area is 125 Å². The first-order valence-corrected chi connectivity index (χ1v) is 6.43. The molecule has 6 heteroatoms. The highest BCUT2D eigenvalue weighted by Gasteiger charge is 2.09. The Bertz CT molecular complexity index is 452. The Kier molecular flexibility index (Phi) is 8.59. The summed E-state index contributed by atoms with van der Waals surface area (Å²) < 4.78 is 0. The third-order valence-corrected chi connectivity index (χ3v) is 2.85. The largest absolute Gasteiger partial charge is 0.351 e. The van der Waals surface area contributed by atoms with Crippen LogP contribution in [0.4, 0.5) is 0 Å². The lowest BCUT2D eigenvalue weighted by molar-refractivity contribution is -0.119. The maximum absolute atomic E-state index is 11.9. The standard InChI is InChI=1S/C14H21N3O2.ClH/c1-3-10(2)17-14(19)12-6-4-5-11(7-12)9-16-13(18)8-15;/h4-7,10H,3,8-9,15H2,1-2H3,(H,16,18)(H,17,19);1H. The number of nitrogens with two attached hydrogens (primary N) is 1. The van der Waals surface area contributed by atoms with Crippen LogP contribution in [0, 0.1) is 0 Å². The van der Waals surface area contributed by atoms with Crippen molar-refractivity contribution in [2.75, 3.05) is 6.54 Å². The van der Waals surface area contributed by atoms with E-state index in [9.17, 15) is 9.59 Å². The number of hydrogen-bond acceptors (Lipinski definition) is 3. The lowest BCUT2D eigenvalue weighted by atomic mass is 10.1. The molecule has 0 aliphatic carbocycles. The summed E-state index contributed by atoms with van der Waals surface area (Å²) in [5.41, 5.74) is 6.68. The van der Waals surface area contributed by atoms with Gasteiger partial charge in [0, 0.05) is 18.2 Å². The maximum Gasteiger partial charge on any atom is 0.251 e. The Balaban J connectivity index is 0.00000361. The van der Waals surface area contributed by atoms with Gasteiger partial charge in [-0.3, -0.25) is 9.59 Å². The van der Waals surface area contributed by atoms with E-state index < -0.39 is 0 Å². The summed E-state index contributed by atoms with van der Waals surface area (Å²) in [4.78, 5) is 23.0. The summed E-state index contributed by atoms with van der Waals surface area (Å²) in [6, 6.07) is 7.33. The predicted molar refractivity (Wildman–Crippen MR) is 81.8 cm³/mol. The number of nitrogens with one attached hydrogen (secondary N) is 2. The fourth-order valence-corrected chi connectivity index (χ4v) is 1.50. The number of halogens is 1. The first-order valence-electron chi connectivity index (χ1n) is 6.43. The van der Waals surface area contributed by atoms with Crippen LogP contribution >= 0.6 is 12.4 Å².